The summed E-state index contributed by atoms with van der Waals surface area (Å²) in [7, 11) is 0. The Bertz CT molecular complexity index is 2630. The summed E-state index contributed by atoms with van der Waals surface area (Å²) < 4.78 is 81.6. The first-order valence-corrected chi connectivity index (χ1v) is 42.0. The van der Waals surface area contributed by atoms with Crippen molar-refractivity contribution in [2.45, 2.75) is 434 Å². The largest absolute Gasteiger partial charge is 0.372 e. The van der Waals surface area contributed by atoms with E-state index in [9.17, 15) is 4.79 Å². The molecule has 13 rings (SSSR count). The molecule has 0 N–H and O–H groups in total. The molecular weight excluding hydrogens is 1240 g/mol. The highest BCUT2D eigenvalue weighted by atomic mass is 16.7. The Balaban J connectivity index is 0.000000150. The minimum atomic E-state index is -0.536. The first-order valence-electron chi connectivity index (χ1n) is 42.0. The molecule has 99 heavy (non-hydrogen) atoms. The summed E-state index contributed by atoms with van der Waals surface area (Å²) >= 11 is 0. The van der Waals surface area contributed by atoms with E-state index in [1.165, 1.54) is 32.1 Å². The second-order valence-electron chi connectivity index (χ2n) is 39.7. The molecule has 1 unspecified atom stereocenters. The number of hydrogen-bond donors (Lipinski definition) is 0. The lowest BCUT2D eigenvalue weighted by Crippen LogP contribution is -2.62. The van der Waals surface area contributed by atoms with Gasteiger partial charge in [-0.25, -0.2) is 0 Å². The summed E-state index contributed by atoms with van der Waals surface area (Å²) in [5.74, 6) is 8.06. The van der Waals surface area contributed by atoms with Crippen LogP contribution in [-0.4, -0.2) is 132 Å². The fourth-order valence-corrected chi connectivity index (χ4v) is 23.5. The first kappa shape index (κ1) is 79.2. The lowest BCUT2D eigenvalue weighted by atomic mass is 9.69. The zero-order valence-corrected chi connectivity index (χ0v) is 67.7. The van der Waals surface area contributed by atoms with Crippen LogP contribution in [0.1, 0.15) is 308 Å². The molecule has 0 aromatic heterocycles. The second-order valence-corrected chi connectivity index (χ2v) is 39.7. The molecule has 572 valence electrons. The normalized spacial score (nSPS) is 49.2. The first-order chi connectivity index (χ1) is 46.4. The van der Waals surface area contributed by atoms with Crippen LogP contribution in [0.2, 0.25) is 0 Å². The summed E-state index contributed by atoms with van der Waals surface area (Å²) in [5, 5.41) is 0. The van der Waals surface area contributed by atoms with E-state index in [1.807, 2.05) is 0 Å². The number of hydrogen-bond acceptors (Lipinski definition) is 13. The van der Waals surface area contributed by atoms with E-state index in [-0.39, 0.29) is 102 Å². The fraction of sp³-hybridized carbons (Fsp3) is 0.988. The summed E-state index contributed by atoms with van der Waals surface area (Å²) in [4.78, 5) is 11.7. The maximum atomic E-state index is 11.7. The monoisotopic (exact) mass is 1390 g/mol. The predicted octanol–water partition coefficient (Wildman–Crippen LogP) is 19.5. The molecular formula is C86H150O13. The lowest BCUT2D eigenvalue weighted by molar-refractivity contribution is -0.368. The molecule has 0 radical (unpaired) electrons. The van der Waals surface area contributed by atoms with Crippen LogP contribution >= 0.6 is 0 Å². The van der Waals surface area contributed by atoms with Gasteiger partial charge in [0.1, 0.15) is 5.78 Å². The predicted molar refractivity (Wildman–Crippen MR) is 393 cm³/mol. The summed E-state index contributed by atoms with van der Waals surface area (Å²) in [6.45, 7) is 57.7. The molecule has 13 nitrogen and oxygen atoms in total. The molecule has 33 atom stereocenters. The molecule has 0 amide bonds. The number of rotatable bonds is 17. The Morgan fingerprint density at radius 3 is 1.24 bits per heavy atom. The number of carbonyl (C=O) groups is 1. The third-order valence-corrected chi connectivity index (χ3v) is 28.8. The number of ketones is 1. The number of Topliss-reactive ketones (excluding diaryl/α,β-unsaturated/α-hetero) is 1. The molecule has 0 bridgehead atoms. The van der Waals surface area contributed by atoms with E-state index in [2.05, 4.69) is 166 Å². The topological polar surface area (TPSA) is 128 Å². The van der Waals surface area contributed by atoms with Gasteiger partial charge in [-0.15, -0.1) is 0 Å². The van der Waals surface area contributed by atoms with Crippen LogP contribution in [0.25, 0.3) is 0 Å². The van der Waals surface area contributed by atoms with Crippen molar-refractivity contribution in [1.29, 1.82) is 0 Å². The molecule has 0 aromatic carbocycles. The van der Waals surface area contributed by atoms with Crippen LogP contribution in [0, 0.1) is 106 Å². The van der Waals surface area contributed by atoms with Crippen molar-refractivity contribution in [2.24, 2.45) is 106 Å². The molecule has 13 aliphatic rings. The second kappa shape index (κ2) is 31.0. The summed E-state index contributed by atoms with van der Waals surface area (Å²) in [6.07, 6.45) is 24.4. The SMILES string of the molecule is CC(=O)CC1O[C@@H]2[C@H](C[C@H]1C)O[C@@]1(C[C@@H]2C)C[C@H](C)[C@@H]2O[C@](CC(C)C)(C(C)C)C[C@@H]2O1.CC[C@H](C)C[C@H](C)[C@@H]1C[C@@H]2O[C@]3(C[C@H](C)[C@@H]4C[C@](CC(C)C)(C(C)C)C[C@@H]4O3)C[C@H](C)[C@@H]2O1.CC[C@H](C)[C@@H]1C[C@H]2O[C@@H]3[C@H](C[C@H]2O1)O[C@@]1(C[C@@H]3C)C[C@H](C)[C@@H]2O[C@](CC(C)C)(C(C)C)C[C@@H]2O1. The summed E-state index contributed by atoms with van der Waals surface area (Å²) in [5.41, 5.74) is 0.240. The average molecular weight is 1390 g/mol. The fourth-order valence-electron chi connectivity index (χ4n) is 23.5. The van der Waals surface area contributed by atoms with Crippen molar-refractivity contribution >= 4 is 5.78 Å². The Labute approximate surface area is 604 Å². The Kier molecular flexibility index (Phi) is 24.8. The average Bonchev–Trinajstić information content (AvgIpc) is 1.67. The number of carbonyl (C=O) groups excluding carboxylic acids is 1. The van der Waals surface area contributed by atoms with Gasteiger partial charge in [0.2, 0.25) is 0 Å². The van der Waals surface area contributed by atoms with E-state index < -0.39 is 11.6 Å². The highest BCUT2D eigenvalue weighted by Crippen LogP contribution is 2.61. The molecule has 1 aliphatic carbocycles. The minimum Gasteiger partial charge on any atom is -0.372 e. The van der Waals surface area contributed by atoms with Crippen LogP contribution in [0.15, 0.2) is 0 Å². The van der Waals surface area contributed by atoms with E-state index in [4.69, 9.17) is 56.8 Å². The molecule has 12 aliphatic heterocycles. The number of ether oxygens (including phenoxy) is 12. The maximum Gasteiger partial charge on any atom is 0.170 e. The highest BCUT2D eigenvalue weighted by Gasteiger charge is 2.65. The van der Waals surface area contributed by atoms with Crippen molar-refractivity contribution in [3.63, 3.8) is 0 Å². The van der Waals surface area contributed by atoms with Gasteiger partial charge in [0.05, 0.1) is 109 Å². The van der Waals surface area contributed by atoms with Gasteiger partial charge in [0.25, 0.3) is 0 Å². The van der Waals surface area contributed by atoms with Gasteiger partial charge in [-0.05, 0) is 158 Å². The third kappa shape index (κ3) is 16.6. The summed E-state index contributed by atoms with van der Waals surface area (Å²) in [6, 6.07) is 0. The number of fused-ring (bicyclic) bond motifs is 7. The van der Waals surface area contributed by atoms with E-state index in [1.54, 1.807) is 6.92 Å². The minimum absolute atomic E-state index is 0.00959. The van der Waals surface area contributed by atoms with Gasteiger partial charge in [-0.1, -0.05) is 179 Å². The van der Waals surface area contributed by atoms with Gasteiger partial charge in [0.15, 0.2) is 17.4 Å². The Morgan fingerprint density at radius 2 is 0.778 bits per heavy atom. The van der Waals surface area contributed by atoms with Gasteiger partial charge in [-0.3, -0.25) is 4.79 Å². The molecule has 0 aromatic rings. The van der Waals surface area contributed by atoms with Crippen LogP contribution < -0.4 is 0 Å². The van der Waals surface area contributed by atoms with Crippen LogP contribution in [-0.2, 0) is 61.6 Å². The molecule has 1 saturated carbocycles. The highest BCUT2D eigenvalue weighted by molar-refractivity contribution is 5.76. The Hall–Kier alpha value is -0.810. The van der Waals surface area contributed by atoms with Gasteiger partial charge in [0, 0.05) is 77.0 Å². The van der Waals surface area contributed by atoms with Gasteiger partial charge >= 0.3 is 0 Å². The van der Waals surface area contributed by atoms with Crippen molar-refractivity contribution in [3.8, 4) is 0 Å². The quantitative estimate of drug-likeness (QED) is 0.137. The zero-order chi connectivity index (χ0) is 72.0. The van der Waals surface area contributed by atoms with E-state index in [0.29, 0.717) is 119 Å². The smallest absolute Gasteiger partial charge is 0.170 e. The van der Waals surface area contributed by atoms with E-state index in [0.717, 1.165) is 108 Å². The maximum absolute atomic E-state index is 11.7. The van der Waals surface area contributed by atoms with Crippen molar-refractivity contribution < 1.29 is 61.6 Å². The molecule has 13 fully saturated rings. The van der Waals surface area contributed by atoms with Crippen molar-refractivity contribution in [1.82, 2.24) is 0 Å². The van der Waals surface area contributed by atoms with Gasteiger partial charge in [-0.2, -0.15) is 0 Å². The lowest BCUT2D eigenvalue weighted by Gasteiger charge is -2.55. The molecule has 12 heterocycles. The van der Waals surface area contributed by atoms with E-state index >= 15 is 0 Å². The van der Waals surface area contributed by atoms with Crippen LogP contribution in [0.3, 0.4) is 0 Å². The van der Waals surface area contributed by atoms with Crippen LogP contribution in [0.4, 0.5) is 0 Å². The zero-order valence-electron chi connectivity index (χ0n) is 67.7. The molecule has 12 saturated heterocycles. The third-order valence-electron chi connectivity index (χ3n) is 28.8. The Morgan fingerprint density at radius 1 is 0.364 bits per heavy atom. The standard InChI is InChI=1S/C30H54O3.C29H50O5.C27H46O5/c1-10-20(6)11-21(7)25-12-26-28(31-25)23(9)15-30(32-26)14-22(8)24-16-29(19(4)5,13-18(2)3)17-27(24)33-30;1-9-18(6)21-10-23-22(30-21)11-24-26(31-23)19(7)13-29(32-24)14-20(8)27-25(33-29)15-28(34-27,17(4)5)12-16(2)3;1-15(2)11-26(16(3)4)14-23-25(32-26)19(7)13-27(31-23)12-18(6)24-22(30-27)9-17(5)21(29-24)10-20(8)28/h18-28H,10-17H2,1-9H3;16-27H,9-15H2,1-8H3;15-19,21-25H,9-14H2,1-8H3/t20-,21-,22-,23-,24-,25-,26-,27-,28-,29-,30-;18-,19-,20-,21-,22+,23+,24-,25-,26-,27-,28-,29+;17-,18+,19+,21?,22+,23+,24+,25+,26+,27-/m001/s1. The van der Waals surface area contributed by atoms with Gasteiger partial charge < -0.3 is 56.8 Å². The molecule has 3 spiro atoms. The van der Waals surface area contributed by atoms with Crippen molar-refractivity contribution in [3.05, 3.63) is 0 Å². The van der Waals surface area contributed by atoms with Crippen molar-refractivity contribution in [2.75, 3.05) is 0 Å². The molecule has 13 heteroatoms. The van der Waals surface area contributed by atoms with Crippen LogP contribution in [0.5, 0.6) is 0 Å².